The van der Waals surface area contributed by atoms with Crippen LogP contribution >= 0.6 is 12.2 Å². The Bertz CT molecular complexity index is 693. The Morgan fingerprint density at radius 1 is 1.61 bits per heavy atom. The van der Waals surface area contributed by atoms with Crippen LogP contribution in [0.5, 0.6) is 0 Å². The zero-order chi connectivity index (χ0) is 13.1. The van der Waals surface area contributed by atoms with Crippen LogP contribution in [0.1, 0.15) is 12.0 Å². The van der Waals surface area contributed by atoms with Crippen LogP contribution in [0, 0.1) is 16.1 Å². The highest BCUT2D eigenvalue weighted by atomic mass is 32.1. The summed E-state index contributed by atoms with van der Waals surface area (Å²) in [5.41, 5.74) is 2.06. The lowest BCUT2D eigenvalue weighted by Gasteiger charge is -2.03. The number of hydrogen-bond acceptors (Lipinski definition) is 4. The molecule has 1 heterocycles. The monoisotopic (exact) mass is 261 g/mol. The van der Waals surface area contributed by atoms with Gasteiger partial charge in [0.25, 0.3) is 0 Å². The van der Waals surface area contributed by atoms with Gasteiger partial charge in [-0.3, -0.25) is 4.79 Å². The molecular weight excluding hydrogens is 250 g/mol. The molecule has 0 bridgehead atoms. The number of nitrogens with one attached hydrogen (secondary N) is 1. The zero-order valence-corrected chi connectivity index (χ0v) is 10.6. The second kappa shape index (κ2) is 5.02. The van der Waals surface area contributed by atoms with Gasteiger partial charge >= 0.3 is 5.97 Å². The third kappa shape index (κ3) is 2.13. The minimum Gasteiger partial charge on any atom is -0.469 e. The molecule has 1 N–H and O–H groups in total. The summed E-state index contributed by atoms with van der Waals surface area (Å²) < 4.78 is 6.89. The molecule has 92 valence electrons. The average Bonchev–Trinajstić information content (AvgIpc) is 2.71. The summed E-state index contributed by atoms with van der Waals surface area (Å²) in [4.78, 5) is 14.1. The van der Waals surface area contributed by atoms with Crippen LogP contribution in [0.25, 0.3) is 11.0 Å². The number of nitrogens with zero attached hydrogens (tertiary/aromatic N) is 2. The number of ether oxygens (including phenoxy) is 1. The number of hydrogen-bond donors (Lipinski definition) is 1. The van der Waals surface area contributed by atoms with Crippen LogP contribution < -0.4 is 0 Å². The van der Waals surface area contributed by atoms with E-state index in [0.29, 0.717) is 22.4 Å². The number of aromatic nitrogens is 2. The molecule has 0 unspecified atom stereocenters. The Kier molecular flexibility index (Phi) is 3.44. The van der Waals surface area contributed by atoms with Crippen LogP contribution in [0.4, 0.5) is 0 Å². The van der Waals surface area contributed by atoms with E-state index in [9.17, 15) is 4.79 Å². The van der Waals surface area contributed by atoms with Gasteiger partial charge in [0.1, 0.15) is 6.07 Å². The Hall–Kier alpha value is -2.13. The maximum atomic E-state index is 11.1. The number of methoxy groups -OCH3 is 1. The summed E-state index contributed by atoms with van der Waals surface area (Å²) in [7, 11) is 1.35. The number of imidazole rings is 1. The normalized spacial score (nSPS) is 10.2. The molecule has 0 amide bonds. The second-order valence-electron chi connectivity index (χ2n) is 3.72. The van der Waals surface area contributed by atoms with Crippen molar-refractivity contribution in [2.75, 3.05) is 7.11 Å². The first kappa shape index (κ1) is 12.3. The van der Waals surface area contributed by atoms with E-state index in [4.69, 9.17) is 17.5 Å². The van der Waals surface area contributed by atoms with Crippen molar-refractivity contribution in [2.45, 2.75) is 13.0 Å². The third-order valence-corrected chi connectivity index (χ3v) is 3.02. The van der Waals surface area contributed by atoms with Gasteiger partial charge < -0.3 is 14.3 Å². The molecule has 0 fully saturated rings. The number of benzene rings is 1. The van der Waals surface area contributed by atoms with Crippen LogP contribution in [0.2, 0.25) is 0 Å². The van der Waals surface area contributed by atoms with Crippen LogP contribution in [-0.4, -0.2) is 22.6 Å². The van der Waals surface area contributed by atoms with Gasteiger partial charge in [0.2, 0.25) is 0 Å². The summed E-state index contributed by atoms with van der Waals surface area (Å²) >= 11 is 5.19. The van der Waals surface area contributed by atoms with Crippen molar-refractivity contribution in [3.05, 3.63) is 28.5 Å². The first-order chi connectivity index (χ1) is 8.67. The number of para-hydroxylation sites is 1. The predicted molar refractivity (Wildman–Crippen MR) is 68.5 cm³/mol. The van der Waals surface area contributed by atoms with Gasteiger partial charge in [-0.25, -0.2) is 0 Å². The van der Waals surface area contributed by atoms with Gasteiger partial charge in [-0.2, -0.15) is 5.26 Å². The van der Waals surface area contributed by atoms with Crippen molar-refractivity contribution >= 4 is 29.2 Å². The predicted octanol–water partition coefficient (Wildman–Crippen LogP) is 2.13. The van der Waals surface area contributed by atoms with Crippen LogP contribution in [-0.2, 0) is 16.1 Å². The first-order valence-corrected chi connectivity index (χ1v) is 5.76. The van der Waals surface area contributed by atoms with E-state index in [0.717, 1.165) is 5.52 Å². The van der Waals surface area contributed by atoms with Crippen molar-refractivity contribution in [2.24, 2.45) is 0 Å². The van der Waals surface area contributed by atoms with E-state index in [1.54, 1.807) is 16.7 Å². The van der Waals surface area contributed by atoms with Gasteiger partial charge in [0, 0.05) is 6.54 Å². The minimum atomic E-state index is -0.289. The molecule has 0 aliphatic carbocycles. The van der Waals surface area contributed by atoms with E-state index in [-0.39, 0.29) is 12.4 Å². The fourth-order valence-corrected chi connectivity index (χ4v) is 2.09. The maximum absolute atomic E-state index is 11.1. The first-order valence-electron chi connectivity index (χ1n) is 5.36. The summed E-state index contributed by atoms with van der Waals surface area (Å²) in [6.45, 7) is 0.431. The summed E-state index contributed by atoms with van der Waals surface area (Å²) in [5.74, 6) is -0.289. The molecule has 1 aromatic heterocycles. The maximum Gasteiger partial charge on any atom is 0.307 e. The molecule has 0 saturated carbocycles. The van der Waals surface area contributed by atoms with Crippen LogP contribution in [0.3, 0.4) is 0 Å². The Labute approximate surface area is 109 Å². The van der Waals surface area contributed by atoms with E-state index in [1.165, 1.54) is 7.11 Å². The zero-order valence-electron chi connectivity index (χ0n) is 9.77. The summed E-state index contributed by atoms with van der Waals surface area (Å²) in [6, 6.07) is 7.48. The highest BCUT2D eigenvalue weighted by Crippen LogP contribution is 2.18. The number of aryl methyl sites for hydroxylation is 1. The number of esters is 1. The average molecular weight is 261 g/mol. The van der Waals surface area contributed by atoms with Crippen molar-refractivity contribution in [1.29, 1.82) is 5.26 Å². The van der Waals surface area contributed by atoms with Gasteiger partial charge in [-0.1, -0.05) is 6.07 Å². The highest BCUT2D eigenvalue weighted by molar-refractivity contribution is 7.71. The largest absolute Gasteiger partial charge is 0.469 e. The lowest BCUT2D eigenvalue weighted by atomic mass is 10.2. The van der Waals surface area contributed by atoms with E-state index < -0.39 is 0 Å². The van der Waals surface area contributed by atoms with E-state index in [1.807, 2.05) is 6.07 Å². The second-order valence-corrected chi connectivity index (χ2v) is 4.11. The molecule has 0 saturated heterocycles. The quantitative estimate of drug-likeness (QED) is 0.678. The Morgan fingerprint density at radius 3 is 3.06 bits per heavy atom. The van der Waals surface area contributed by atoms with Gasteiger partial charge in [0.05, 0.1) is 30.1 Å². The van der Waals surface area contributed by atoms with Crippen molar-refractivity contribution in [3.63, 3.8) is 0 Å². The number of aromatic amines is 1. The molecule has 2 aromatic rings. The van der Waals surface area contributed by atoms with E-state index >= 15 is 0 Å². The standard InChI is InChI=1S/C12H11N3O2S/c1-17-10(16)5-6-15-9-4-2-3-8(7-13)11(9)14-12(15)18/h2-4H,5-6H2,1H3,(H,14,18). The lowest BCUT2D eigenvalue weighted by Crippen LogP contribution is -2.06. The smallest absolute Gasteiger partial charge is 0.307 e. The number of nitriles is 1. The molecule has 0 spiro atoms. The topological polar surface area (TPSA) is 70.8 Å². The van der Waals surface area contributed by atoms with Crippen molar-refractivity contribution < 1.29 is 9.53 Å². The summed E-state index contributed by atoms with van der Waals surface area (Å²) in [5, 5.41) is 9.00. The van der Waals surface area contributed by atoms with Crippen molar-refractivity contribution in [3.8, 4) is 6.07 Å². The third-order valence-electron chi connectivity index (χ3n) is 2.70. The molecule has 18 heavy (non-hydrogen) atoms. The molecule has 0 aliphatic rings. The number of rotatable bonds is 3. The fourth-order valence-electron chi connectivity index (χ4n) is 1.80. The lowest BCUT2D eigenvalue weighted by molar-refractivity contribution is -0.140. The fraction of sp³-hybridized carbons (Fsp3) is 0.250. The van der Waals surface area contributed by atoms with Crippen molar-refractivity contribution in [1.82, 2.24) is 9.55 Å². The van der Waals surface area contributed by atoms with E-state index in [2.05, 4.69) is 15.8 Å². The number of H-pyrrole nitrogens is 1. The molecule has 0 radical (unpaired) electrons. The minimum absolute atomic E-state index is 0.245. The molecule has 2 rings (SSSR count). The van der Waals surface area contributed by atoms with Crippen LogP contribution in [0.15, 0.2) is 18.2 Å². The van der Waals surface area contributed by atoms with Gasteiger partial charge in [-0.15, -0.1) is 0 Å². The number of carbonyl (C=O) groups is 1. The molecule has 1 aromatic carbocycles. The molecule has 6 heteroatoms. The Morgan fingerprint density at radius 2 is 2.39 bits per heavy atom. The number of fused-ring (bicyclic) bond motifs is 1. The molecular formula is C12H11N3O2S. The molecule has 5 nitrogen and oxygen atoms in total. The van der Waals surface area contributed by atoms with Gasteiger partial charge in [-0.05, 0) is 24.4 Å². The highest BCUT2D eigenvalue weighted by Gasteiger charge is 2.09. The number of carbonyl (C=O) groups excluding carboxylic acids is 1. The SMILES string of the molecule is COC(=O)CCn1c(=S)[nH]c2c(C#N)cccc21. The van der Waals surface area contributed by atoms with Gasteiger partial charge in [0.15, 0.2) is 4.77 Å². The molecule has 0 atom stereocenters. The Balaban J connectivity index is 2.46. The molecule has 0 aliphatic heterocycles. The summed E-state index contributed by atoms with van der Waals surface area (Å²) in [6.07, 6.45) is 0.245.